The quantitative estimate of drug-likeness (QED) is 0.206. The van der Waals surface area contributed by atoms with Crippen LogP contribution in [0.5, 0.6) is 0 Å². The third-order valence-corrected chi connectivity index (χ3v) is 4.19. The third-order valence-electron chi connectivity index (χ3n) is 4.19. The summed E-state index contributed by atoms with van der Waals surface area (Å²) in [7, 11) is 2.11. The van der Waals surface area contributed by atoms with Crippen molar-refractivity contribution in [2.24, 2.45) is 7.05 Å². The Morgan fingerprint density at radius 2 is 1.41 bits per heavy atom. The van der Waals surface area contributed by atoms with E-state index in [0.29, 0.717) is 0 Å². The van der Waals surface area contributed by atoms with Gasteiger partial charge in [0.15, 0.2) is 0 Å². The van der Waals surface area contributed by atoms with E-state index in [2.05, 4.69) is 42.4 Å². The fraction of sp³-hybridized carbons (Fsp3) is 0.812. The number of hydrogen-bond acceptors (Lipinski definition) is 0. The molecule has 0 atom stereocenters. The van der Waals surface area contributed by atoms with Gasteiger partial charge in [0.25, 0.3) is 5.82 Å². The normalized spacial score (nSPS) is 12.7. The van der Waals surface area contributed by atoms with Gasteiger partial charge < -0.3 is 12.9 Å². The zero-order valence-corrected chi connectivity index (χ0v) is 15.8. The number of hydrogen-bond donors (Lipinski definition) is 0. The number of unbranched alkanes of at least 4 members (excludes halogenated alkanes) is 6. The van der Waals surface area contributed by atoms with Crippen molar-refractivity contribution in [1.29, 1.82) is 0 Å². The third kappa shape index (κ3) is 8.51. The van der Waals surface area contributed by atoms with Crippen molar-refractivity contribution in [3.8, 4) is 0 Å². The van der Waals surface area contributed by atoms with E-state index in [1.54, 1.807) is 0 Å². The van der Waals surface area contributed by atoms with Gasteiger partial charge in [-0.3, -0.25) is 0 Å². The zero-order valence-electron chi connectivity index (χ0n) is 15.8. The van der Waals surface area contributed by atoms with Crippen LogP contribution in [0.4, 0.5) is 34.9 Å². The van der Waals surface area contributed by atoms with E-state index in [1.807, 2.05) is 0 Å². The Morgan fingerprint density at radius 1 is 0.926 bits per heavy atom. The van der Waals surface area contributed by atoms with Crippen LogP contribution in [0.3, 0.4) is 0 Å². The molecule has 1 rings (SSSR count). The van der Waals surface area contributed by atoms with E-state index < -0.39 is 19.0 Å². The molecule has 0 aromatic carbocycles. The molecule has 0 aliphatic carbocycles. The summed E-state index contributed by atoms with van der Waals surface area (Å²) in [6.07, 6.45) is 7.49. The maximum Gasteiger partial charge on any atom is 0.558 e. The van der Waals surface area contributed by atoms with Crippen LogP contribution < -0.4 is 4.57 Å². The minimum atomic E-state index is -7.21. The molecule has 2 nitrogen and oxygen atoms in total. The molecule has 0 saturated carbocycles. The van der Waals surface area contributed by atoms with Crippen molar-refractivity contribution in [3.63, 3.8) is 0 Å². The largest absolute Gasteiger partial charge is 0.558 e. The Hall–Kier alpha value is -1.29. The predicted molar refractivity (Wildman–Crippen MR) is 88.4 cm³/mol. The average Bonchev–Trinajstić information content (AvgIpc) is 2.84. The first-order valence-electron chi connectivity index (χ1n) is 8.91. The molecule has 1 aromatic rings. The molecule has 0 radical (unpaired) electrons. The lowest BCUT2D eigenvalue weighted by atomic mass is 9.80. The Bertz CT molecular complexity index is 522. The summed E-state index contributed by atoms with van der Waals surface area (Å²) in [4.78, 5) is 0. The van der Waals surface area contributed by atoms with Crippen LogP contribution >= 0.6 is 0 Å². The number of nitrogens with zero attached hydrogens (tertiary/aromatic N) is 2. The molecule has 0 spiro atoms. The summed E-state index contributed by atoms with van der Waals surface area (Å²) < 4.78 is 92.4. The van der Waals surface area contributed by atoms with Crippen LogP contribution in [-0.4, -0.2) is 23.5 Å². The summed E-state index contributed by atoms with van der Waals surface area (Å²) in [5.41, 5.74) is 0. The standard InChI is InChI=1S/C14H27N2.C2BF8/c1-4-5-6-7-8-9-10-11-16-13-12-15(3)14(16)2;4-1(5,2(6,7)8)3(9,10)11/h12-13H,4-11H2,1-3H3;/q+1;-1. The lowest BCUT2D eigenvalue weighted by Crippen LogP contribution is -2.53. The van der Waals surface area contributed by atoms with Gasteiger partial charge in [-0.1, -0.05) is 39.0 Å². The zero-order chi connectivity index (χ0) is 21.3. The van der Waals surface area contributed by atoms with Gasteiger partial charge in [-0.25, -0.2) is 17.9 Å². The number of halogens is 8. The molecule has 1 aromatic heterocycles. The molecule has 0 bridgehead atoms. The van der Waals surface area contributed by atoms with Gasteiger partial charge in [0, 0.05) is 6.92 Å². The molecule has 0 fully saturated rings. The van der Waals surface area contributed by atoms with E-state index in [4.69, 9.17) is 0 Å². The summed E-state index contributed by atoms with van der Waals surface area (Å²) in [5.74, 6) is -5.21. The molecule has 27 heavy (non-hydrogen) atoms. The molecule has 0 unspecified atom stereocenters. The molecular weight excluding hydrogens is 383 g/mol. The summed E-state index contributed by atoms with van der Waals surface area (Å²) in [6, 6.07) is 0. The van der Waals surface area contributed by atoms with Crippen molar-refractivity contribution in [2.45, 2.75) is 77.3 Å². The summed E-state index contributed by atoms with van der Waals surface area (Å²) in [6.45, 7) is -1.57. The Balaban J connectivity index is 0.000000541. The molecule has 11 heteroatoms. The fourth-order valence-electron chi connectivity index (χ4n) is 2.26. The van der Waals surface area contributed by atoms with Crippen molar-refractivity contribution < 1.29 is 39.5 Å². The molecule has 160 valence electrons. The van der Waals surface area contributed by atoms with Crippen LogP contribution in [0, 0.1) is 6.92 Å². The summed E-state index contributed by atoms with van der Waals surface area (Å²) >= 11 is 0. The van der Waals surface area contributed by atoms with Crippen LogP contribution in [0.1, 0.15) is 57.7 Å². The van der Waals surface area contributed by atoms with Gasteiger partial charge in [-0.15, -0.1) is 0 Å². The minimum Gasteiger partial charge on any atom is -0.445 e. The van der Waals surface area contributed by atoms with Crippen molar-refractivity contribution in [2.75, 3.05) is 0 Å². The second-order valence-corrected chi connectivity index (χ2v) is 6.47. The van der Waals surface area contributed by atoms with Crippen LogP contribution in [0.15, 0.2) is 12.4 Å². The minimum absolute atomic E-state index is 1.18. The fourth-order valence-corrected chi connectivity index (χ4v) is 2.26. The number of aryl methyl sites for hydroxylation is 2. The summed E-state index contributed by atoms with van der Waals surface area (Å²) in [5, 5.41) is 0. The van der Waals surface area contributed by atoms with E-state index in [-0.39, 0.29) is 0 Å². The van der Waals surface area contributed by atoms with E-state index in [9.17, 15) is 34.9 Å². The van der Waals surface area contributed by atoms with E-state index in [1.165, 1.54) is 57.3 Å². The molecule has 0 N–H and O–H groups in total. The monoisotopic (exact) mass is 410 g/mol. The Labute approximate surface area is 154 Å². The van der Waals surface area contributed by atoms with Crippen molar-refractivity contribution >= 4 is 6.98 Å². The lowest BCUT2D eigenvalue weighted by molar-refractivity contribution is -0.677. The van der Waals surface area contributed by atoms with Crippen LogP contribution in [-0.2, 0) is 13.6 Å². The molecular formula is C16H27BF8N2. The first-order chi connectivity index (χ1) is 12.3. The van der Waals surface area contributed by atoms with Gasteiger partial charge in [0.1, 0.15) is 12.4 Å². The number of aromatic nitrogens is 2. The van der Waals surface area contributed by atoms with Crippen molar-refractivity contribution in [3.05, 3.63) is 18.2 Å². The van der Waals surface area contributed by atoms with Crippen LogP contribution in [0.2, 0.25) is 0 Å². The van der Waals surface area contributed by atoms with E-state index >= 15 is 0 Å². The maximum absolute atomic E-state index is 11.2. The first-order valence-corrected chi connectivity index (χ1v) is 8.91. The molecule has 0 saturated heterocycles. The highest BCUT2D eigenvalue weighted by Gasteiger charge is 2.69. The molecule has 0 aliphatic rings. The van der Waals surface area contributed by atoms with Gasteiger partial charge in [0.2, 0.25) is 0 Å². The SMILES string of the molecule is CCCCCCCCCn1cc[n+](C)c1C.F[B-](F)(F)C(F)(F)C(F)(F)F. The number of imidazole rings is 1. The molecule has 0 aliphatic heterocycles. The lowest BCUT2D eigenvalue weighted by Gasteiger charge is -2.28. The van der Waals surface area contributed by atoms with E-state index in [0.717, 1.165) is 0 Å². The smallest absolute Gasteiger partial charge is 0.445 e. The highest BCUT2D eigenvalue weighted by atomic mass is 19.4. The molecule has 0 amide bonds. The highest BCUT2D eigenvalue weighted by molar-refractivity contribution is 6.61. The topological polar surface area (TPSA) is 8.81 Å². The maximum atomic E-state index is 11.2. The van der Waals surface area contributed by atoms with Crippen LogP contribution in [0.25, 0.3) is 0 Å². The Kier molecular flexibility index (Phi) is 10.4. The second-order valence-electron chi connectivity index (χ2n) is 6.47. The van der Waals surface area contributed by atoms with Gasteiger partial charge >= 0.3 is 19.0 Å². The average molecular weight is 410 g/mol. The van der Waals surface area contributed by atoms with Gasteiger partial charge in [0.05, 0.1) is 13.6 Å². The Morgan fingerprint density at radius 3 is 1.74 bits per heavy atom. The number of rotatable bonds is 9. The first kappa shape index (κ1) is 25.7. The second kappa shape index (κ2) is 10.9. The van der Waals surface area contributed by atoms with Gasteiger partial charge in [-0.05, 0) is 12.8 Å². The number of alkyl halides is 5. The molecule has 1 heterocycles. The predicted octanol–water partition coefficient (Wildman–Crippen LogP) is 5.94. The highest BCUT2D eigenvalue weighted by Crippen LogP contribution is 2.44. The van der Waals surface area contributed by atoms with Gasteiger partial charge in [-0.2, -0.15) is 13.2 Å². The van der Waals surface area contributed by atoms with Crippen molar-refractivity contribution in [1.82, 2.24) is 4.57 Å².